The Kier molecular flexibility index (Phi) is 5.75. The van der Waals surface area contributed by atoms with Gasteiger partial charge in [-0.1, -0.05) is 0 Å². The Bertz CT molecular complexity index is 376. The molecule has 8 heteroatoms. The Hall–Kier alpha value is -1.83. The van der Waals surface area contributed by atoms with Crippen LogP contribution in [0.4, 0.5) is 4.79 Å². The number of carbonyl (C=O) groups is 3. The average Bonchev–Trinajstić information content (AvgIpc) is 2.32. The minimum Gasteiger partial charge on any atom is -0.481 e. The van der Waals surface area contributed by atoms with Gasteiger partial charge in [-0.3, -0.25) is 4.79 Å². The molecular weight excluding hydrogens is 268 g/mol. The van der Waals surface area contributed by atoms with Crippen molar-refractivity contribution in [1.29, 1.82) is 0 Å². The van der Waals surface area contributed by atoms with Crippen molar-refractivity contribution in [3.63, 3.8) is 0 Å². The fraction of sp³-hybridized carbons (Fsp3) is 0.750. The van der Waals surface area contributed by atoms with Crippen LogP contribution in [0.15, 0.2) is 0 Å². The largest absolute Gasteiger partial charge is 0.481 e. The van der Waals surface area contributed by atoms with Crippen molar-refractivity contribution < 1.29 is 29.3 Å². The lowest BCUT2D eigenvalue weighted by atomic mass is 10.1. The zero-order chi connectivity index (χ0) is 15.3. The number of amides is 2. The highest BCUT2D eigenvalue weighted by molar-refractivity contribution is 5.83. The molecule has 8 nitrogen and oxygen atoms in total. The molecule has 0 radical (unpaired) electrons. The molecule has 1 rings (SSSR count). The van der Waals surface area contributed by atoms with Crippen LogP contribution in [0.5, 0.6) is 0 Å². The number of nitrogens with zero attached hydrogens (tertiary/aromatic N) is 1. The second kappa shape index (κ2) is 7.09. The van der Waals surface area contributed by atoms with E-state index in [4.69, 9.17) is 14.9 Å². The standard InChI is InChI=1S/C12H20N2O6/c1-7-5-14(6-8(2)20-7)12(19)13-9(11(17)18)3-4-10(15)16/h7-9H,3-6H2,1-2H3,(H,13,19)(H,15,16)(H,17,18)/t7-,8+,9?. The minimum absolute atomic E-state index is 0.119. The molecule has 1 aliphatic rings. The van der Waals surface area contributed by atoms with E-state index in [9.17, 15) is 14.4 Å². The van der Waals surface area contributed by atoms with E-state index in [1.165, 1.54) is 4.90 Å². The van der Waals surface area contributed by atoms with Gasteiger partial charge in [-0.05, 0) is 20.3 Å². The minimum atomic E-state index is -1.24. The highest BCUT2D eigenvalue weighted by atomic mass is 16.5. The van der Waals surface area contributed by atoms with Crippen molar-refractivity contribution in [2.24, 2.45) is 0 Å². The second-order valence-corrected chi connectivity index (χ2v) is 4.94. The van der Waals surface area contributed by atoms with Crippen LogP contribution in [0.1, 0.15) is 26.7 Å². The van der Waals surface area contributed by atoms with Gasteiger partial charge in [0.05, 0.1) is 12.2 Å². The molecular formula is C12H20N2O6. The molecule has 3 atom stereocenters. The number of ether oxygens (including phenoxy) is 1. The van der Waals surface area contributed by atoms with Crippen molar-refractivity contribution in [3.05, 3.63) is 0 Å². The number of aliphatic carboxylic acids is 2. The van der Waals surface area contributed by atoms with Gasteiger partial charge in [-0.15, -0.1) is 0 Å². The first kappa shape index (κ1) is 16.2. The van der Waals surface area contributed by atoms with Gasteiger partial charge < -0.3 is 25.2 Å². The molecule has 3 N–H and O–H groups in total. The first-order valence-corrected chi connectivity index (χ1v) is 6.45. The van der Waals surface area contributed by atoms with E-state index < -0.39 is 24.0 Å². The van der Waals surface area contributed by atoms with Gasteiger partial charge in [0, 0.05) is 19.5 Å². The van der Waals surface area contributed by atoms with Crippen LogP contribution >= 0.6 is 0 Å². The van der Waals surface area contributed by atoms with Gasteiger partial charge in [0.2, 0.25) is 0 Å². The van der Waals surface area contributed by atoms with E-state index >= 15 is 0 Å². The Morgan fingerprint density at radius 1 is 1.25 bits per heavy atom. The number of nitrogens with one attached hydrogen (secondary N) is 1. The molecule has 0 aliphatic carbocycles. The first-order valence-electron chi connectivity index (χ1n) is 6.45. The number of hydrogen-bond donors (Lipinski definition) is 3. The summed E-state index contributed by atoms with van der Waals surface area (Å²) in [7, 11) is 0. The average molecular weight is 288 g/mol. The summed E-state index contributed by atoms with van der Waals surface area (Å²) in [5.41, 5.74) is 0. The van der Waals surface area contributed by atoms with Crippen molar-refractivity contribution in [1.82, 2.24) is 10.2 Å². The van der Waals surface area contributed by atoms with E-state index in [1.807, 2.05) is 13.8 Å². The molecule has 1 fully saturated rings. The summed E-state index contributed by atoms with van der Waals surface area (Å²) in [4.78, 5) is 35.0. The number of rotatable bonds is 5. The van der Waals surface area contributed by atoms with Gasteiger partial charge in [-0.2, -0.15) is 0 Å². The Morgan fingerprint density at radius 2 is 1.80 bits per heavy atom. The number of carboxylic acid groups (broad SMARTS) is 2. The number of hydrogen-bond acceptors (Lipinski definition) is 4. The van der Waals surface area contributed by atoms with Gasteiger partial charge in [-0.25, -0.2) is 9.59 Å². The van der Waals surface area contributed by atoms with E-state index in [2.05, 4.69) is 5.32 Å². The summed E-state index contributed by atoms with van der Waals surface area (Å²) in [5, 5.41) is 19.9. The van der Waals surface area contributed by atoms with E-state index in [0.29, 0.717) is 13.1 Å². The third kappa shape index (κ3) is 5.04. The molecule has 2 amide bonds. The number of urea groups is 1. The third-order valence-corrected chi connectivity index (χ3v) is 2.95. The summed E-state index contributed by atoms with van der Waals surface area (Å²) < 4.78 is 5.48. The molecule has 0 bridgehead atoms. The van der Waals surface area contributed by atoms with Crippen LogP contribution in [0.25, 0.3) is 0 Å². The Balaban J connectivity index is 2.56. The summed E-state index contributed by atoms with van der Waals surface area (Å²) in [5.74, 6) is -2.34. The molecule has 1 saturated heterocycles. The molecule has 1 unspecified atom stereocenters. The van der Waals surface area contributed by atoms with Gasteiger partial charge in [0.15, 0.2) is 0 Å². The first-order chi connectivity index (χ1) is 9.29. The van der Waals surface area contributed by atoms with Gasteiger partial charge in [0.25, 0.3) is 0 Å². The fourth-order valence-corrected chi connectivity index (χ4v) is 2.11. The van der Waals surface area contributed by atoms with E-state index in [-0.39, 0.29) is 25.0 Å². The summed E-state index contributed by atoms with van der Waals surface area (Å²) in [6, 6.07) is -1.71. The van der Waals surface area contributed by atoms with Crippen LogP contribution in [-0.2, 0) is 14.3 Å². The highest BCUT2D eigenvalue weighted by Crippen LogP contribution is 2.11. The molecule has 114 valence electrons. The quantitative estimate of drug-likeness (QED) is 0.662. The molecule has 0 aromatic heterocycles. The molecule has 0 aromatic carbocycles. The molecule has 0 spiro atoms. The SMILES string of the molecule is C[C@@H]1CN(C(=O)NC(CCC(=O)O)C(=O)O)C[C@H](C)O1. The van der Waals surface area contributed by atoms with E-state index in [0.717, 1.165) is 0 Å². The Morgan fingerprint density at radius 3 is 2.25 bits per heavy atom. The molecule has 20 heavy (non-hydrogen) atoms. The zero-order valence-electron chi connectivity index (χ0n) is 11.5. The topological polar surface area (TPSA) is 116 Å². The fourth-order valence-electron chi connectivity index (χ4n) is 2.11. The number of morpholine rings is 1. The molecule has 0 aromatic rings. The van der Waals surface area contributed by atoms with Crippen LogP contribution in [0.3, 0.4) is 0 Å². The van der Waals surface area contributed by atoms with Crippen molar-refractivity contribution in [2.75, 3.05) is 13.1 Å². The third-order valence-electron chi connectivity index (χ3n) is 2.95. The summed E-state index contributed by atoms with van der Waals surface area (Å²) >= 11 is 0. The lowest BCUT2D eigenvalue weighted by Crippen LogP contribution is -2.54. The number of carbonyl (C=O) groups excluding carboxylic acids is 1. The normalized spacial score (nSPS) is 24.0. The Labute approximate surface area is 116 Å². The molecule has 1 aliphatic heterocycles. The maximum absolute atomic E-state index is 12.0. The van der Waals surface area contributed by atoms with Crippen molar-refractivity contribution in [2.45, 2.75) is 44.9 Å². The molecule has 1 heterocycles. The van der Waals surface area contributed by atoms with Crippen LogP contribution in [-0.4, -0.2) is 64.4 Å². The maximum Gasteiger partial charge on any atom is 0.326 e. The van der Waals surface area contributed by atoms with Gasteiger partial charge >= 0.3 is 18.0 Å². The van der Waals surface area contributed by atoms with Crippen molar-refractivity contribution >= 4 is 18.0 Å². The monoisotopic (exact) mass is 288 g/mol. The highest BCUT2D eigenvalue weighted by Gasteiger charge is 2.29. The predicted octanol–water partition coefficient (Wildman–Crippen LogP) is 0.123. The maximum atomic E-state index is 12.0. The number of carboxylic acids is 2. The second-order valence-electron chi connectivity index (χ2n) is 4.94. The van der Waals surface area contributed by atoms with E-state index in [1.54, 1.807) is 0 Å². The zero-order valence-corrected chi connectivity index (χ0v) is 11.5. The summed E-state index contributed by atoms with van der Waals surface area (Å²) in [6.45, 7) is 4.41. The lowest BCUT2D eigenvalue weighted by molar-refractivity contribution is -0.140. The smallest absolute Gasteiger partial charge is 0.326 e. The lowest BCUT2D eigenvalue weighted by Gasteiger charge is -2.35. The van der Waals surface area contributed by atoms with Crippen LogP contribution in [0.2, 0.25) is 0 Å². The van der Waals surface area contributed by atoms with Crippen LogP contribution < -0.4 is 5.32 Å². The summed E-state index contributed by atoms with van der Waals surface area (Å²) in [6.07, 6.45) is -0.697. The van der Waals surface area contributed by atoms with Crippen LogP contribution in [0, 0.1) is 0 Å². The predicted molar refractivity (Wildman–Crippen MR) is 68.4 cm³/mol. The van der Waals surface area contributed by atoms with Gasteiger partial charge in [0.1, 0.15) is 6.04 Å². The molecule has 0 saturated carbocycles. The van der Waals surface area contributed by atoms with Crippen molar-refractivity contribution in [3.8, 4) is 0 Å².